The number of esters is 1. The number of rotatable bonds is 3. The molecule has 1 unspecified atom stereocenters. The number of hydrogen-bond acceptors (Lipinski definition) is 4. The number of nitrogens with zero attached hydrogens (tertiary/aromatic N) is 1. The van der Waals surface area contributed by atoms with Crippen LogP contribution in [-0.4, -0.2) is 28.7 Å². The molecule has 3 aromatic rings. The molecular weight excluding hydrogens is 337 g/mol. The van der Waals surface area contributed by atoms with E-state index in [0.717, 1.165) is 6.07 Å². The zero-order valence-electron chi connectivity index (χ0n) is 14.6. The predicted octanol–water partition coefficient (Wildman–Crippen LogP) is 3.76. The lowest BCUT2D eigenvalue weighted by Gasteiger charge is -2.11. The summed E-state index contributed by atoms with van der Waals surface area (Å²) in [6.45, 7) is 3.39. The molecule has 1 heterocycles. The molecule has 1 N–H and O–H groups in total. The smallest absolute Gasteiger partial charge is 0.312 e. The molecule has 0 saturated carbocycles. The highest BCUT2D eigenvalue weighted by molar-refractivity contribution is 6.05. The van der Waals surface area contributed by atoms with Crippen molar-refractivity contribution in [3.63, 3.8) is 0 Å². The molecule has 0 radical (unpaired) electrons. The van der Waals surface area contributed by atoms with Gasteiger partial charge in [-0.1, -0.05) is 6.07 Å². The second kappa shape index (κ2) is 6.63. The Morgan fingerprint density at radius 2 is 1.92 bits per heavy atom. The molecule has 0 aliphatic heterocycles. The van der Waals surface area contributed by atoms with Crippen LogP contribution in [0.1, 0.15) is 34.5 Å². The zero-order valence-corrected chi connectivity index (χ0v) is 14.6. The van der Waals surface area contributed by atoms with Crippen molar-refractivity contribution in [2.24, 2.45) is 0 Å². The Bertz CT molecular complexity index is 1020. The van der Waals surface area contributed by atoms with Crippen molar-refractivity contribution in [2.75, 3.05) is 7.11 Å². The van der Waals surface area contributed by atoms with Gasteiger partial charge in [0.1, 0.15) is 11.6 Å². The average Bonchev–Trinajstić information content (AvgIpc) is 2.90. The molecule has 1 atom stereocenters. The fourth-order valence-corrected chi connectivity index (χ4v) is 3.28. The fraction of sp³-hybridized carbons (Fsp3) is 0.200. The molecular formula is C20H18FNO4. The van der Waals surface area contributed by atoms with Crippen molar-refractivity contribution in [1.29, 1.82) is 0 Å². The molecule has 5 nitrogen and oxygen atoms in total. The molecule has 0 spiro atoms. The summed E-state index contributed by atoms with van der Waals surface area (Å²) >= 11 is 0. The minimum Gasteiger partial charge on any atom is -0.508 e. The van der Waals surface area contributed by atoms with Crippen LogP contribution in [0.3, 0.4) is 0 Å². The van der Waals surface area contributed by atoms with Gasteiger partial charge in [0.2, 0.25) is 0 Å². The number of phenolic OH excluding ortho intramolecular Hbond substituents is 1. The molecule has 0 aliphatic carbocycles. The zero-order chi connectivity index (χ0) is 19.0. The van der Waals surface area contributed by atoms with Gasteiger partial charge >= 0.3 is 5.97 Å². The summed E-state index contributed by atoms with van der Waals surface area (Å²) in [5.74, 6) is -1.99. The van der Waals surface area contributed by atoms with E-state index in [-0.39, 0.29) is 11.3 Å². The van der Waals surface area contributed by atoms with E-state index in [4.69, 9.17) is 4.74 Å². The number of aromatic nitrogens is 1. The second-order valence-electron chi connectivity index (χ2n) is 6.10. The summed E-state index contributed by atoms with van der Waals surface area (Å²) in [7, 11) is 1.29. The van der Waals surface area contributed by atoms with Crippen molar-refractivity contribution in [1.82, 2.24) is 4.57 Å². The lowest BCUT2D eigenvalue weighted by molar-refractivity contribution is -0.141. The maximum atomic E-state index is 13.5. The van der Waals surface area contributed by atoms with Crippen LogP contribution in [0, 0.1) is 12.7 Å². The number of methoxy groups -OCH3 is 1. The monoisotopic (exact) mass is 355 g/mol. The van der Waals surface area contributed by atoms with E-state index < -0.39 is 23.6 Å². The van der Waals surface area contributed by atoms with Crippen LogP contribution in [-0.2, 0) is 9.53 Å². The molecule has 0 aliphatic rings. The van der Waals surface area contributed by atoms with Gasteiger partial charge < -0.3 is 9.84 Å². The van der Waals surface area contributed by atoms with Crippen molar-refractivity contribution < 1.29 is 23.8 Å². The standard InChI is InChI=1S/C20H18FNO4/c1-11(20(25)26-3)18-12(2)22(17-8-7-15(23)10-16(17)18)19(24)13-5-4-6-14(21)9-13/h4-11,23H,1-3H3. The van der Waals surface area contributed by atoms with Crippen molar-refractivity contribution >= 4 is 22.8 Å². The topological polar surface area (TPSA) is 68.5 Å². The molecule has 6 heteroatoms. The Labute approximate surface area is 149 Å². The van der Waals surface area contributed by atoms with E-state index in [1.807, 2.05) is 0 Å². The van der Waals surface area contributed by atoms with Crippen LogP contribution in [0.25, 0.3) is 10.9 Å². The van der Waals surface area contributed by atoms with Gasteiger partial charge in [-0.2, -0.15) is 0 Å². The van der Waals surface area contributed by atoms with Crippen LogP contribution < -0.4 is 0 Å². The third-order valence-electron chi connectivity index (χ3n) is 4.50. The number of fused-ring (bicyclic) bond motifs is 1. The van der Waals surface area contributed by atoms with Crippen LogP contribution in [0.2, 0.25) is 0 Å². The Morgan fingerprint density at radius 3 is 2.58 bits per heavy atom. The first kappa shape index (κ1) is 17.7. The molecule has 0 saturated heterocycles. The second-order valence-corrected chi connectivity index (χ2v) is 6.10. The molecule has 1 aromatic heterocycles. The van der Waals surface area contributed by atoms with E-state index in [2.05, 4.69) is 0 Å². The highest BCUT2D eigenvalue weighted by atomic mass is 19.1. The van der Waals surface area contributed by atoms with E-state index in [1.165, 1.54) is 42.0 Å². The van der Waals surface area contributed by atoms with Gasteiger partial charge in [0.05, 0.1) is 18.5 Å². The number of ether oxygens (including phenoxy) is 1. The molecule has 3 rings (SSSR count). The number of aromatic hydroxyl groups is 1. The van der Waals surface area contributed by atoms with E-state index in [9.17, 15) is 19.1 Å². The van der Waals surface area contributed by atoms with Crippen molar-refractivity contribution in [2.45, 2.75) is 19.8 Å². The summed E-state index contributed by atoms with van der Waals surface area (Å²) in [4.78, 5) is 25.1. The molecule has 134 valence electrons. The maximum Gasteiger partial charge on any atom is 0.312 e. The Hall–Kier alpha value is -3.15. The predicted molar refractivity (Wildman–Crippen MR) is 94.9 cm³/mol. The van der Waals surface area contributed by atoms with Gasteiger partial charge in [-0.15, -0.1) is 0 Å². The summed E-state index contributed by atoms with van der Waals surface area (Å²) in [5, 5.41) is 10.4. The summed E-state index contributed by atoms with van der Waals surface area (Å²) in [6.07, 6.45) is 0. The van der Waals surface area contributed by atoms with Crippen LogP contribution >= 0.6 is 0 Å². The molecule has 0 amide bonds. The highest BCUT2D eigenvalue weighted by Crippen LogP contribution is 2.35. The minimum absolute atomic E-state index is 0.0196. The van der Waals surface area contributed by atoms with E-state index >= 15 is 0 Å². The minimum atomic E-state index is -0.633. The van der Waals surface area contributed by atoms with Gasteiger partial charge in [-0.05, 0) is 55.8 Å². The lowest BCUT2D eigenvalue weighted by atomic mass is 9.98. The van der Waals surface area contributed by atoms with Gasteiger partial charge in [0.25, 0.3) is 5.91 Å². The molecule has 0 fully saturated rings. The van der Waals surface area contributed by atoms with E-state index in [1.54, 1.807) is 19.9 Å². The third kappa shape index (κ3) is 2.83. The summed E-state index contributed by atoms with van der Waals surface area (Å²) in [6, 6.07) is 9.99. The lowest BCUT2D eigenvalue weighted by Crippen LogP contribution is -2.16. The first-order chi connectivity index (χ1) is 12.3. The van der Waals surface area contributed by atoms with Gasteiger partial charge in [0, 0.05) is 16.6 Å². The largest absolute Gasteiger partial charge is 0.508 e. The molecule has 0 bridgehead atoms. The number of carbonyl (C=O) groups excluding carboxylic acids is 2. The number of phenols is 1. The average molecular weight is 355 g/mol. The fourth-order valence-electron chi connectivity index (χ4n) is 3.28. The normalized spacial score (nSPS) is 12.2. The first-order valence-corrected chi connectivity index (χ1v) is 8.07. The van der Waals surface area contributed by atoms with Gasteiger partial charge in [-0.3, -0.25) is 14.2 Å². The van der Waals surface area contributed by atoms with Crippen LogP contribution in [0.4, 0.5) is 4.39 Å². The number of halogens is 1. The van der Waals surface area contributed by atoms with E-state index in [0.29, 0.717) is 22.2 Å². The Morgan fingerprint density at radius 1 is 1.19 bits per heavy atom. The summed E-state index contributed by atoms with van der Waals surface area (Å²) < 4.78 is 19.8. The van der Waals surface area contributed by atoms with Gasteiger partial charge in [-0.25, -0.2) is 4.39 Å². The number of hydrogen-bond donors (Lipinski definition) is 1. The highest BCUT2D eigenvalue weighted by Gasteiger charge is 2.27. The molecule has 2 aromatic carbocycles. The van der Waals surface area contributed by atoms with Crippen molar-refractivity contribution in [3.05, 3.63) is 65.1 Å². The SMILES string of the molecule is COC(=O)C(C)c1c(C)n(C(=O)c2cccc(F)c2)c2ccc(O)cc12. The van der Waals surface area contributed by atoms with Crippen LogP contribution in [0.5, 0.6) is 5.75 Å². The maximum absolute atomic E-state index is 13.5. The Kier molecular flexibility index (Phi) is 4.50. The molecule has 26 heavy (non-hydrogen) atoms. The van der Waals surface area contributed by atoms with Gasteiger partial charge in [0.15, 0.2) is 0 Å². The third-order valence-corrected chi connectivity index (χ3v) is 4.50. The first-order valence-electron chi connectivity index (χ1n) is 8.07. The number of carbonyl (C=O) groups is 2. The number of benzene rings is 2. The summed E-state index contributed by atoms with van der Waals surface area (Å²) in [5.41, 5.74) is 1.85. The quantitative estimate of drug-likeness (QED) is 0.727. The van der Waals surface area contributed by atoms with Crippen LogP contribution in [0.15, 0.2) is 42.5 Å². The Balaban J connectivity index is 2.28. The van der Waals surface area contributed by atoms with Crippen molar-refractivity contribution in [3.8, 4) is 5.75 Å².